The molecule has 0 heterocycles. The molecular weight excluding hydrogens is 336 g/mol. The summed E-state index contributed by atoms with van der Waals surface area (Å²) in [7, 11) is 0. The molecule has 0 aliphatic carbocycles. The van der Waals surface area contributed by atoms with E-state index in [1.807, 2.05) is 81.4 Å². The van der Waals surface area contributed by atoms with Gasteiger partial charge in [0.1, 0.15) is 6.04 Å². The predicted octanol–water partition coefficient (Wildman–Crippen LogP) is 3.60. The van der Waals surface area contributed by atoms with Crippen molar-refractivity contribution in [1.29, 1.82) is 0 Å². The first-order valence-electron chi connectivity index (χ1n) is 9.45. The van der Waals surface area contributed by atoms with Crippen molar-refractivity contribution < 1.29 is 9.59 Å². The third-order valence-electron chi connectivity index (χ3n) is 4.35. The van der Waals surface area contributed by atoms with Crippen LogP contribution in [0.2, 0.25) is 0 Å². The van der Waals surface area contributed by atoms with Gasteiger partial charge < -0.3 is 10.2 Å². The molecular formula is C23H30N2O2. The summed E-state index contributed by atoms with van der Waals surface area (Å²) in [6.07, 6.45) is 1.01. The van der Waals surface area contributed by atoms with Crippen molar-refractivity contribution in [1.82, 2.24) is 10.2 Å². The highest BCUT2D eigenvalue weighted by Gasteiger charge is 2.27. The molecule has 1 atom stereocenters. The monoisotopic (exact) mass is 366 g/mol. The van der Waals surface area contributed by atoms with Crippen LogP contribution >= 0.6 is 0 Å². The van der Waals surface area contributed by atoms with Crippen LogP contribution in [0.25, 0.3) is 0 Å². The Morgan fingerprint density at radius 2 is 1.44 bits per heavy atom. The van der Waals surface area contributed by atoms with Gasteiger partial charge in [0.2, 0.25) is 11.8 Å². The van der Waals surface area contributed by atoms with E-state index in [2.05, 4.69) is 5.32 Å². The van der Waals surface area contributed by atoms with E-state index in [-0.39, 0.29) is 17.4 Å². The highest BCUT2D eigenvalue weighted by molar-refractivity contribution is 5.88. The van der Waals surface area contributed by atoms with Crippen LogP contribution in [-0.4, -0.2) is 34.8 Å². The summed E-state index contributed by atoms with van der Waals surface area (Å²) in [5, 5.41) is 2.98. The summed E-state index contributed by atoms with van der Waals surface area (Å²) in [4.78, 5) is 27.4. The average molecular weight is 367 g/mol. The third-order valence-corrected chi connectivity index (χ3v) is 4.35. The number of amides is 2. The largest absolute Gasteiger partial charge is 0.350 e. The van der Waals surface area contributed by atoms with Crippen molar-refractivity contribution in [3.63, 3.8) is 0 Å². The summed E-state index contributed by atoms with van der Waals surface area (Å²) < 4.78 is 0. The fraction of sp³-hybridized carbons (Fsp3) is 0.391. The van der Waals surface area contributed by atoms with Crippen molar-refractivity contribution in [2.75, 3.05) is 6.54 Å². The summed E-state index contributed by atoms with van der Waals surface area (Å²) in [5.74, 6) is -0.161. The van der Waals surface area contributed by atoms with Crippen LogP contribution in [0.3, 0.4) is 0 Å². The molecule has 27 heavy (non-hydrogen) atoms. The van der Waals surface area contributed by atoms with E-state index in [0.717, 1.165) is 11.1 Å². The van der Waals surface area contributed by atoms with Gasteiger partial charge >= 0.3 is 0 Å². The Labute approximate surface area is 162 Å². The van der Waals surface area contributed by atoms with Gasteiger partial charge in [-0.1, -0.05) is 60.7 Å². The lowest BCUT2D eigenvalue weighted by Gasteiger charge is -2.31. The van der Waals surface area contributed by atoms with E-state index in [4.69, 9.17) is 0 Å². The standard InChI is InChI=1S/C23H30N2O2/c1-18(22(27)24-23(2,3)4)25(16-15-19-11-7-5-8-12-19)21(26)17-20-13-9-6-10-14-20/h5-14,18H,15-17H2,1-4H3,(H,24,27)/t18-/m0/s1. The molecule has 4 nitrogen and oxygen atoms in total. The van der Waals surface area contributed by atoms with Crippen LogP contribution in [0.15, 0.2) is 60.7 Å². The zero-order valence-corrected chi connectivity index (χ0v) is 16.7. The second-order valence-corrected chi connectivity index (χ2v) is 7.90. The number of nitrogens with one attached hydrogen (secondary N) is 1. The molecule has 0 aliphatic rings. The molecule has 4 heteroatoms. The normalized spacial score (nSPS) is 12.3. The molecule has 2 rings (SSSR count). The number of nitrogens with zero attached hydrogens (tertiary/aromatic N) is 1. The fourth-order valence-electron chi connectivity index (χ4n) is 2.92. The van der Waals surface area contributed by atoms with Gasteiger partial charge in [0, 0.05) is 12.1 Å². The highest BCUT2D eigenvalue weighted by Crippen LogP contribution is 2.11. The Morgan fingerprint density at radius 3 is 1.96 bits per heavy atom. The van der Waals surface area contributed by atoms with Crippen molar-refractivity contribution in [2.24, 2.45) is 0 Å². The van der Waals surface area contributed by atoms with E-state index >= 15 is 0 Å². The Balaban J connectivity index is 2.13. The van der Waals surface area contributed by atoms with Crippen molar-refractivity contribution in [3.05, 3.63) is 71.8 Å². The molecule has 0 aliphatic heterocycles. The molecule has 0 fully saturated rings. The van der Waals surface area contributed by atoms with Crippen molar-refractivity contribution in [3.8, 4) is 0 Å². The van der Waals surface area contributed by atoms with Crippen molar-refractivity contribution in [2.45, 2.75) is 52.1 Å². The highest BCUT2D eigenvalue weighted by atomic mass is 16.2. The lowest BCUT2D eigenvalue weighted by molar-refractivity contribution is -0.140. The Bertz CT molecular complexity index is 736. The van der Waals surface area contributed by atoms with Crippen LogP contribution in [0.4, 0.5) is 0 Å². The predicted molar refractivity (Wildman–Crippen MR) is 109 cm³/mol. The number of benzene rings is 2. The lowest BCUT2D eigenvalue weighted by Crippen LogP contribution is -2.53. The SMILES string of the molecule is C[C@@H](C(=O)NC(C)(C)C)N(CCc1ccccc1)C(=O)Cc1ccccc1. The molecule has 2 amide bonds. The van der Waals surface area contributed by atoms with Gasteiger partial charge in [-0.15, -0.1) is 0 Å². The van der Waals surface area contributed by atoms with Crippen LogP contribution in [0.1, 0.15) is 38.8 Å². The van der Waals surface area contributed by atoms with Gasteiger partial charge in [-0.25, -0.2) is 0 Å². The first-order valence-corrected chi connectivity index (χ1v) is 9.45. The maximum Gasteiger partial charge on any atom is 0.242 e. The molecule has 0 unspecified atom stereocenters. The Hall–Kier alpha value is -2.62. The zero-order valence-electron chi connectivity index (χ0n) is 16.7. The van der Waals surface area contributed by atoms with Gasteiger partial charge in [-0.05, 0) is 45.2 Å². The quantitative estimate of drug-likeness (QED) is 0.814. The van der Waals surface area contributed by atoms with Crippen LogP contribution in [0.5, 0.6) is 0 Å². The van der Waals surface area contributed by atoms with Gasteiger partial charge in [0.25, 0.3) is 0 Å². The van der Waals surface area contributed by atoms with E-state index < -0.39 is 6.04 Å². The molecule has 0 aromatic heterocycles. The molecule has 0 radical (unpaired) electrons. The minimum absolute atomic E-state index is 0.0336. The fourth-order valence-corrected chi connectivity index (χ4v) is 2.92. The topological polar surface area (TPSA) is 49.4 Å². The molecule has 1 N–H and O–H groups in total. The van der Waals surface area contributed by atoms with Gasteiger partial charge in [-0.2, -0.15) is 0 Å². The average Bonchev–Trinajstić information content (AvgIpc) is 2.62. The summed E-state index contributed by atoms with van der Waals surface area (Å²) in [5.41, 5.74) is 1.77. The summed E-state index contributed by atoms with van der Waals surface area (Å²) in [6.45, 7) is 8.14. The lowest BCUT2D eigenvalue weighted by atomic mass is 10.1. The molecule has 0 saturated heterocycles. The van der Waals surface area contributed by atoms with Crippen molar-refractivity contribution >= 4 is 11.8 Å². The summed E-state index contributed by atoms with van der Waals surface area (Å²) in [6, 6.07) is 19.2. The van der Waals surface area contributed by atoms with Crippen LogP contribution < -0.4 is 5.32 Å². The summed E-state index contributed by atoms with van der Waals surface area (Å²) >= 11 is 0. The number of carbonyl (C=O) groups is 2. The molecule has 2 aromatic carbocycles. The number of hydrogen-bond donors (Lipinski definition) is 1. The zero-order chi connectivity index (χ0) is 19.9. The van der Waals surface area contributed by atoms with Gasteiger partial charge in [0.15, 0.2) is 0 Å². The third kappa shape index (κ3) is 6.89. The van der Waals surface area contributed by atoms with E-state index in [9.17, 15) is 9.59 Å². The minimum atomic E-state index is -0.524. The number of rotatable bonds is 7. The molecule has 0 saturated carbocycles. The maximum atomic E-state index is 13.0. The molecule has 0 spiro atoms. The maximum absolute atomic E-state index is 13.0. The Kier molecular flexibility index (Phi) is 7.17. The number of hydrogen-bond acceptors (Lipinski definition) is 2. The van der Waals surface area contributed by atoms with Crippen LogP contribution in [-0.2, 0) is 22.4 Å². The Morgan fingerprint density at radius 1 is 0.926 bits per heavy atom. The van der Waals surface area contributed by atoms with Gasteiger partial charge in [0.05, 0.1) is 6.42 Å². The molecule has 0 bridgehead atoms. The van der Waals surface area contributed by atoms with Gasteiger partial charge in [-0.3, -0.25) is 9.59 Å². The second-order valence-electron chi connectivity index (χ2n) is 7.90. The molecule has 2 aromatic rings. The van der Waals surface area contributed by atoms with E-state index in [1.54, 1.807) is 11.8 Å². The van der Waals surface area contributed by atoms with Crippen LogP contribution in [0, 0.1) is 0 Å². The molecule has 144 valence electrons. The minimum Gasteiger partial charge on any atom is -0.350 e. The second kappa shape index (κ2) is 9.36. The van der Waals surface area contributed by atoms with E-state index in [1.165, 1.54) is 0 Å². The first-order chi connectivity index (χ1) is 12.8. The number of carbonyl (C=O) groups excluding carboxylic acids is 2. The smallest absolute Gasteiger partial charge is 0.242 e. The first kappa shape index (κ1) is 20.7. The van der Waals surface area contributed by atoms with E-state index in [0.29, 0.717) is 19.4 Å².